The highest BCUT2D eigenvalue weighted by Crippen LogP contribution is 2.32. The molecule has 0 aliphatic carbocycles. The van der Waals surface area contributed by atoms with Gasteiger partial charge in [0.25, 0.3) is 17.5 Å². The number of rotatable bonds is 8. The van der Waals surface area contributed by atoms with Crippen LogP contribution in [0.2, 0.25) is 0 Å². The van der Waals surface area contributed by atoms with Crippen LogP contribution in [0.3, 0.4) is 0 Å². The van der Waals surface area contributed by atoms with Crippen molar-refractivity contribution in [3.63, 3.8) is 0 Å². The van der Waals surface area contributed by atoms with Crippen molar-refractivity contribution in [3.8, 4) is 5.75 Å². The average Bonchev–Trinajstić information content (AvgIpc) is 3.16. The summed E-state index contributed by atoms with van der Waals surface area (Å²) in [6.07, 6.45) is 0. The van der Waals surface area contributed by atoms with Crippen LogP contribution < -0.4 is 4.74 Å². The van der Waals surface area contributed by atoms with E-state index in [1.54, 1.807) is 24.3 Å². The minimum atomic E-state index is -1.43. The molecule has 0 saturated heterocycles. The minimum Gasteiger partial charge on any atom is -0.456 e. The van der Waals surface area contributed by atoms with E-state index in [9.17, 15) is 34.1 Å². The molecule has 11 nitrogen and oxygen atoms in total. The summed E-state index contributed by atoms with van der Waals surface area (Å²) in [4.78, 5) is 73.7. The summed E-state index contributed by atoms with van der Waals surface area (Å²) in [5, 5.41) is 11.3. The fourth-order valence-corrected chi connectivity index (χ4v) is 3.96. The molecule has 0 radical (unpaired) electrons. The number of hydrogen-bond donors (Lipinski definition) is 0. The molecule has 4 rings (SSSR count). The number of imide groups is 1. The van der Waals surface area contributed by atoms with E-state index in [1.807, 2.05) is 0 Å². The highest BCUT2D eigenvalue weighted by molar-refractivity contribution is 9.10. The van der Waals surface area contributed by atoms with Crippen LogP contribution in [0.25, 0.3) is 0 Å². The largest absolute Gasteiger partial charge is 0.456 e. The Morgan fingerprint density at radius 2 is 1.58 bits per heavy atom. The van der Waals surface area contributed by atoms with Gasteiger partial charge in [-0.3, -0.25) is 29.4 Å². The summed E-state index contributed by atoms with van der Waals surface area (Å²) >= 11 is 3.28. The number of esters is 2. The van der Waals surface area contributed by atoms with E-state index in [0.717, 1.165) is 10.5 Å². The van der Waals surface area contributed by atoms with Gasteiger partial charge in [-0.15, -0.1) is 0 Å². The molecule has 0 fully saturated rings. The van der Waals surface area contributed by atoms with E-state index < -0.39 is 58.4 Å². The Morgan fingerprint density at radius 3 is 2.21 bits per heavy atom. The fraction of sp³-hybridized carbons (Fsp3) is 0.115. The van der Waals surface area contributed by atoms with Crippen LogP contribution in [-0.2, 0) is 9.53 Å². The number of hydrogen-bond acceptors (Lipinski definition) is 9. The van der Waals surface area contributed by atoms with Gasteiger partial charge in [0.05, 0.1) is 16.1 Å². The summed E-state index contributed by atoms with van der Waals surface area (Å²) < 4.78 is 11.1. The van der Waals surface area contributed by atoms with Crippen LogP contribution in [0.15, 0.2) is 71.2 Å². The van der Waals surface area contributed by atoms with Crippen molar-refractivity contribution in [1.82, 2.24) is 4.90 Å². The normalized spacial score (nSPS) is 13.1. The summed E-state index contributed by atoms with van der Waals surface area (Å²) in [7, 11) is 0. The summed E-state index contributed by atoms with van der Waals surface area (Å²) in [5.41, 5.74) is -0.655. The number of Topliss-reactive ketones (excluding diaryl/α,β-unsaturated/α-hetero) is 1. The average molecular weight is 581 g/mol. The van der Waals surface area contributed by atoms with Crippen molar-refractivity contribution in [1.29, 1.82) is 0 Å². The molecule has 1 heterocycles. The number of nitrogens with zero attached hydrogens (tertiary/aromatic N) is 2. The molecule has 0 spiro atoms. The molecule has 1 atom stereocenters. The van der Waals surface area contributed by atoms with Gasteiger partial charge in [0, 0.05) is 16.1 Å². The van der Waals surface area contributed by atoms with Gasteiger partial charge in [0.15, 0.2) is 12.4 Å². The lowest BCUT2D eigenvalue weighted by Gasteiger charge is -2.20. The Balaban J connectivity index is 1.36. The molecule has 192 valence electrons. The number of carbonyl (C=O) groups excluding carboxylic acids is 5. The third-order valence-corrected chi connectivity index (χ3v) is 6.19. The third-order valence-electron chi connectivity index (χ3n) is 5.66. The number of ketones is 1. The second-order valence-electron chi connectivity index (χ2n) is 8.06. The van der Waals surface area contributed by atoms with Crippen LogP contribution in [0.5, 0.6) is 5.75 Å². The standard InChI is InChI=1S/C26H17BrN2O9/c1-14(28-23(31)19-3-2-4-20(29(35)36)22(19)24(28)32)25(33)37-13-21(30)15-7-11-18(12-8-15)38-26(34)16-5-9-17(27)10-6-16/h2-12,14H,13H2,1H3. The van der Waals surface area contributed by atoms with Crippen molar-refractivity contribution in [2.45, 2.75) is 13.0 Å². The zero-order valence-electron chi connectivity index (χ0n) is 19.6. The van der Waals surface area contributed by atoms with Gasteiger partial charge < -0.3 is 9.47 Å². The van der Waals surface area contributed by atoms with Crippen molar-refractivity contribution in [2.24, 2.45) is 0 Å². The maximum absolute atomic E-state index is 12.7. The number of amides is 2. The lowest BCUT2D eigenvalue weighted by Crippen LogP contribution is -2.44. The number of nitro benzene ring substituents is 1. The maximum atomic E-state index is 12.7. The Labute approximate surface area is 223 Å². The van der Waals surface area contributed by atoms with Crippen LogP contribution in [0.4, 0.5) is 5.69 Å². The van der Waals surface area contributed by atoms with Crippen molar-refractivity contribution < 1.29 is 38.4 Å². The SMILES string of the molecule is CC(C(=O)OCC(=O)c1ccc(OC(=O)c2ccc(Br)cc2)cc1)N1C(=O)c2cccc([N+](=O)[O-])c2C1=O. The molecule has 0 aromatic heterocycles. The van der Waals surface area contributed by atoms with Crippen LogP contribution >= 0.6 is 15.9 Å². The van der Waals surface area contributed by atoms with Gasteiger partial charge in [-0.25, -0.2) is 9.59 Å². The summed E-state index contributed by atoms with van der Waals surface area (Å²) in [6.45, 7) is 0.527. The molecular formula is C26H17BrN2O9. The van der Waals surface area contributed by atoms with Gasteiger partial charge in [-0.2, -0.15) is 0 Å². The fourth-order valence-electron chi connectivity index (χ4n) is 3.70. The number of nitro groups is 1. The van der Waals surface area contributed by atoms with Gasteiger partial charge >= 0.3 is 11.9 Å². The van der Waals surface area contributed by atoms with Crippen molar-refractivity contribution >= 4 is 51.2 Å². The Hall–Kier alpha value is -4.71. The number of ether oxygens (including phenoxy) is 2. The first-order valence-corrected chi connectivity index (χ1v) is 11.8. The second-order valence-corrected chi connectivity index (χ2v) is 8.98. The molecule has 0 saturated carbocycles. The number of fused-ring (bicyclic) bond motifs is 1. The number of carbonyl (C=O) groups is 5. The molecular weight excluding hydrogens is 564 g/mol. The first kappa shape index (κ1) is 26.4. The smallest absolute Gasteiger partial charge is 0.343 e. The molecule has 2 amide bonds. The topological polar surface area (TPSA) is 150 Å². The first-order chi connectivity index (χ1) is 18.1. The van der Waals surface area contributed by atoms with E-state index in [2.05, 4.69) is 15.9 Å². The predicted molar refractivity (Wildman–Crippen MR) is 134 cm³/mol. The third kappa shape index (κ3) is 5.20. The summed E-state index contributed by atoms with van der Waals surface area (Å²) in [6, 6.07) is 14.3. The predicted octanol–water partition coefficient (Wildman–Crippen LogP) is 3.99. The van der Waals surface area contributed by atoms with E-state index in [1.165, 1.54) is 43.3 Å². The first-order valence-electron chi connectivity index (χ1n) is 11.0. The number of benzene rings is 3. The molecule has 1 aliphatic heterocycles. The molecule has 38 heavy (non-hydrogen) atoms. The maximum Gasteiger partial charge on any atom is 0.343 e. The Kier molecular flexibility index (Phi) is 7.44. The van der Waals surface area contributed by atoms with Crippen molar-refractivity contribution in [3.05, 3.63) is 104 Å². The van der Waals surface area contributed by atoms with Crippen LogP contribution in [0.1, 0.15) is 48.4 Å². The van der Waals surface area contributed by atoms with E-state index >= 15 is 0 Å². The van der Waals surface area contributed by atoms with Crippen molar-refractivity contribution in [2.75, 3.05) is 6.61 Å². The Morgan fingerprint density at radius 1 is 0.947 bits per heavy atom. The second kappa shape index (κ2) is 10.7. The van der Waals surface area contributed by atoms with Crippen LogP contribution in [-0.4, -0.2) is 52.0 Å². The van der Waals surface area contributed by atoms with Gasteiger partial charge in [0.1, 0.15) is 17.4 Å². The lowest BCUT2D eigenvalue weighted by molar-refractivity contribution is -0.385. The van der Waals surface area contributed by atoms with Gasteiger partial charge in [-0.05, 0) is 61.5 Å². The molecule has 0 N–H and O–H groups in total. The van der Waals surface area contributed by atoms with Crippen LogP contribution in [0, 0.1) is 10.1 Å². The zero-order valence-corrected chi connectivity index (χ0v) is 21.2. The minimum absolute atomic E-state index is 0.158. The van der Waals surface area contributed by atoms with Gasteiger partial charge in [-0.1, -0.05) is 22.0 Å². The zero-order chi connectivity index (χ0) is 27.6. The van der Waals surface area contributed by atoms with E-state index in [0.29, 0.717) is 10.5 Å². The molecule has 3 aromatic rings. The molecule has 1 aliphatic rings. The quantitative estimate of drug-likeness (QED) is 0.0961. The highest BCUT2D eigenvalue weighted by atomic mass is 79.9. The molecule has 3 aromatic carbocycles. The summed E-state index contributed by atoms with van der Waals surface area (Å²) in [5.74, 6) is -3.90. The molecule has 0 bridgehead atoms. The number of halogens is 1. The lowest BCUT2D eigenvalue weighted by atomic mass is 10.1. The Bertz CT molecular complexity index is 1480. The van der Waals surface area contributed by atoms with E-state index in [4.69, 9.17) is 9.47 Å². The van der Waals surface area contributed by atoms with Gasteiger partial charge in [0.2, 0.25) is 0 Å². The molecule has 12 heteroatoms. The molecule has 1 unspecified atom stereocenters. The monoisotopic (exact) mass is 580 g/mol. The highest BCUT2D eigenvalue weighted by Gasteiger charge is 2.45. The van der Waals surface area contributed by atoms with E-state index in [-0.39, 0.29) is 16.9 Å².